The number of nitrogens with one attached hydrogen (secondary N) is 1. The van der Waals surface area contributed by atoms with E-state index in [-0.39, 0.29) is 0 Å². The van der Waals surface area contributed by atoms with E-state index in [2.05, 4.69) is 16.0 Å². The summed E-state index contributed by atoms with van der Waals surface area (Å²) in [6.07, 6.45) is 10.9. The van der Waals surface area contributed by atoms with Crippen LogP contribution in [0.4, 0.5) is 0 Å². The van der Waals surface area contributed by atoms with Gasteiger partial charge in [0.1, 0.15) is 0 Å². The van der Waals surface area contributed by atoms with E-state index in [0.29, 0.717) is 4.77 Å². The second-order valence-corrected chi connectivity index (χ2v) is 3.01. The maximum absolute atomic E-state index is 4.92. The van der Waals surface area contributed by atoms with E-state index in [1.807, 2.05) is 24.4 Å². The van der Waals surface area contributed by atoms with Gasteiger partial charge in [-0.15, -0.1) is 0 Å². The molecule has 2 rings (SSSR count). The SMILES string of the molecule is S=c1ncc2c([nH]1)C=CC=CC2. The molecule has 2 nitrogen and oxygen atoms in total. The van der Waals surface area contributed by atoms with Gasteiger partial charge in [0.15, 0.2) is 4.77 Å². The van der Waals surface area contributed by atoms with Crippen molar-refractivity contribution in [3.8, 4) is 0 Å². The summed E-state index contributed by atoms with van der Waals surface area (Å²) in [5, 5.41) is 0. The first-order valence-electron chi connectivity index (χ1n) is 3.78. The lowest BCUT2D eigenvalue weighted by molar-refractivity contribution is 1.06. The van der Waals surface area contributed by atoms with Crippen LogP contribution in [0.2, 0.25) is 0 Å². The van der Waals surface area contributed by atoms with E-state index in [4.69, 9.17) is 12.2 Å². The van der Waals surface area contributed by atoms with Gasteiger partial charge in [0.05, 0.1) is 0 Å². The van der Waals surface area contributed by atoms with Crippen molar-refractivity contribution in [1.29, 1.82) is 0 Å². The highest BCUT2D eigenvalue weighted by Crippen LogP contribution is 2.10. The number of aromatic amines is 1. The Morgan fingerprint density at radius 2 is 2.33 bits per heavy atom. The quantitative estimate of drug-likeness (QED) is 0.614. The number of nitrogens with zero attached hydrogens (tertiary/aromatic N) is 1. The van der Waals surface area contributed by atoms with Gasteiger partial charge in [0.25, 0.3) is 0 Å². The molecule has 1 aliphatic carbocycles. The second kappa shape index (κ2) is 3.03. The lowest BCUT2D eigenvalue weighted by Crippen LogP contribution is -1.92. The molecule has 12 heavy (non-hydrogen) atoms. The molecule has 0 spiro atoms. The van der Waals surface area contributed by atoms with E-state index >= 15 is 0 Å². The highest BCUT2D eigenvalue weighted by atomic mass is 32.1. The minimum absolute atomic E-state index is 0.542. The largest absolute Gasteiger partial charge is 0.331 e. The third kappa shape index (κ3) is 1.36. The van der Waals surface area contributed by atoms with Crippen LogP contribution in [-0.2, 0) is 6.42 Å². The predicted octanol–water partition coefficient (Wildman–Crippen LogP) is 2.26. The van der Waals surface area contributed by atoms with Gasteiger partial charge in [0, 0.05) is 11.9 Å². The molecule has 3 heteroatoms. The first kappa shape index (κ1) is 7.43. The van der Waals surface area contributed by atoms with Crippen LogP contribution < -0.4 is 0 Å². The Balaban J connectivity index is 2.60. The highest BCUT2D eigenvalue weighted by molar-refractivity contribution is 7.71. The number of hydrogen-bond acceptors (Lipinski definition) is 2. The zero-order valence-corrected chi connectivity index (χ0v) is 7.27. The number of hydrogen-bond donors (Lipinski definition) is 1. The average Bonchev–Trinajstić information content (AvgIpc) is 2.28. The predicted molar refractivity (Wildman–Crippen MR) is 51.3 cm³/mol. The van der Waals surface area contributed by atoms with Crippen LogP contribution >= 0.6 is 12.2 Å². The molecule has 60 valence electrons. The first-order chi connectivity index (χ1) is 5.86. The molecule has 0 radical (unpaired) electrons. The van der Waals surface area contributed by atoms with Gasteiger partial charge in [-0.3, -0.25) is 0 Å². The summed E-state index contributed by atoms with van der Waals surface area (Å²) in [6.45, 7) is 0. The molecule has 0 saturated heterocycles. The molecule has 0 atom stereocenters. The van der Waals surface area contributed by atoms with Crippen LogP contribution in [0.1, 0.15) is 11.3 Å². The zero-order valence-electron chi connectivity index (χ0n) is 6.45. The Bertz CT molecular complexity index is 401. The number of aromatic nitrogens is 2. The molecule has 0 bridgehead atoms. The van der Waals surface area contributed by atoms with Crippen molar-refractivity contribution in [3.05, 3.63) is 40.5 Å². The number of allylic oxidation sites excluding steroid dienone is 3. The molecule has 1 aliphatic rings. The zero-order chi connectivity index (χ0) is 8.39. The summed E-state index contributed by atoms with van der Waals surface area (Å²) >= 11 is 4.92. The van der Waals surface area contributed by atoms with Crippen molar-refractivity contribution in [2.45, 2.75) is 6.42 Å². The van der Waals surface area contributed by atoms with E-state index in [1.165, 1.54) is 5.56 Å². The van der Waals surface area contributed by atoms with Gasteiger partial charge >= 0.3 is 0 Å². The maximum Gasteiger partial charge on any atom is 0.197 e. The van der Waals surface area contributed by atoms with Gasteiger partial charge in [-0.05, 0) is 30.3 Å². The Morgan fingerprint density at radius 1 is 1.42 bits per heavy atom. The fourth-order valence-electron chi connectivity index (χ4n) is 1.17. The van der Waals surface area contributed by atoms with Gasteiger partial charge < -0.3 is 4.98 Å². The fraction of sp³-hybridized carbons (Fsp3) is 0.111. The van der Waals surface area contributed by atoms with E-state index < -0.39 is 0 Å². The highest BCUT2D eigenvalue weighted by Gasteiger charge is 1.99. The molecule has 1 heterocycles. The molecule has 0 aromatic carbocycles. The number of H-pyrrole nitrogens is 1. The molecule has 1 N–H and O–H groups in total. The lowest BCUT2D eigenvalue weighted by atomic mass is 10.2. The molecule has 1 aromatic rings. The summed E-state index contributed by atoms with van der Waals surface area (Å²) in [5.74, 6) is 0. The van der Waals surface area contributed by atoms with Gasteiger partial charge in [-0.2, -0.15) is 0 Å². The lowest BCUT2D eigenvalue weighted by Gasteiger charge is -1.99. The smallest absolute Gasteiger partial charge is 0.197 e. The van der Waals surface area contributed by atoms with Crippen molar-refractivity contribution >= 4 is 18.3 Å². The topological polar surface area (TPSA) is 28.7 Å². The van der Waals surface area contributed by atoms with Crippen molar-refractivity contribution < 1.29 is 0 Å². The summed E-state index contributed by atoms with van der Waals surface area (Å²) in [7, 11) is 0. The van der Waals surface area contributed by atoms with Gasteiger partial charge in [0.2, 0.25) is 0 Å². The van der Waals surface area contributed by atoms with Crippen molar-refractivity contribution in [3.63, 3.8) is 0 Å². The molecular weight excluding hydrogens is 168 g/mol. The average molecular weight is 176 g/mol. The molecule has 1 aromatic heterocycles. The van der Waals surface area contributed by atoms with E-state index in [0.717, 1.165) is 12.1 Å². The van der Waals surface area contributed by atoms with Crippen molar-refractivity contribution in [1.82, 2.24) is 9.97 Å². The minimum atomic E-state index is 0.542. The molecule has 0 saturated carbocycles. The fourth-order valence-corrected chi connectivity index (χ4v) is 1.33. The van der Waals surface area contributed by atoms with E-state index in [9.17, 15) is 0 Å². The molecular formula is C9H8N2S. The summed E-state index contributed by atoms with van der Waals surface area (Å²) < 4.78 is 0.542. The van der Waals surface area contributed by atoms with E-state index in [1.54, 1.807) is 0 Å². The first-order valence-corrected chi connectivity index (χ1v) is 4.18. The van der Waals surface area contributed by atoms with Crippen molar-refractivity contribution in [2.75, 3.05) is 0 Å². The molecule has 0 unspecified atom stereocenters. The summed E-state index contributed by atoms with van der Waals surface area (Å²) in [6, 6.07) is 0. The van der Waals surface area contributed by atoms with Crippen LogP contribution in [-0.4, -0.2) is 9.97 Å². The Morgan fingerprint density at radius 3 is 3.25 bits per heavy atom. The van der Waals surface area contributed by atoms with Crippen LogP contribution in [0.5, 0.6) is 0 Å². The monoisotopic (exact) mass is 176 g/mol. The summed E-state index contributed by atoms with van der Waals surface area (Å²) in [4.78, 5) is 7.07. The third-order valence-corrected chi connectivity index (χ3v) is 1.98. The van der Waals surface area contributed by atoms with Crippen LogP contribution in [0.25, 0.3) is 6.08 Å². The Kier molecular flexibility index (Phi) is 1.87. The Hall–Kier alpha value is -1.22. The normalized spacial score (nSPS) is 14.0. The molecule has 0 aliphatic heterocycles. The maximum atomic E-state index is 4.92. The minimum Gasteiger partial charge on any atom is -0.331 e. The van der Waals surface area contributed by atoms with Gasteiger partial charge in [-0.1, -0.05) is 18.2 Å². The Labute approximate surface area is 75.7 Å². The van der Waals surface area contributed by atoms with Gasteiger partial charge in [-0.25, -0.2) is 4.98 Å². The second-order valence-electron chi connectivity index (χ2n) is 2.62. The number of fused-ring (bicyclic) bond motifs is 1. The molecule has 0 fully saturated rings. The van der Waals surface area contributed by atoms with Crippen molar-refractivity contribution in [2.24, 2.45) is 0 Å². The van der Waals surface area contributed by atoms with Crippen LogP contribution in [0.15, 0.2) is 24.4 Å². The van der Waals surface area contributed by atoms with Crippen LogP contribution in [0, 0.1) is 4.77 Å². The number of rotatable bonds is 0. The summed E-state index contributed by atoms with van der Waals surface area (Å²) in [5.41, 5.74) is 2.26. The molecule has 0 amide bonds. The third-order valence-electron chi connectivity index (χ3n) is 1.77. The van der Waals surface area contributed by atoms with Crippen LogP contribution in [0.3, 0.4) is 0 Å². The standard InChI is InChI=1S/C9H8N2S/c12-9-10-6-7-4-2-1-3-5-8(7)11-9/h1-3,5-6H,4H2,(H,10,11,12).